The molecule has 2 atom stereocenters. The number of carbonyl (C=O) groups is 1. The molecule has 0 bridgehead atoms. The molecule has 0 unspecified atom stereocenters. The Morgan fingerprint density at radius 1 is 0.895 bits per heavy atom. The normalized spacial score (nSPS) is 18.4. The van der Waals surface area contributed by atoms with Crippen molar-refractivity contribution in [2.24, 2.45) is 0 Å². The van der Waals surface area contributed by atoms with Crippen LogP contribution in [-0.4, -0.2) is 29.8 Å². The Morgan fingerprint density at radius 2 is 1.63 bits per heavy atom. The van der Waals surface area contributed by atoms with Crippen LogP contribution in [0.4, 0.5) is 5.82 Å². The van der Waals surface area contributed by atoms with E-state index in [1.54, 1.807) is 20.3 Å². The number of allylic oxidation sites excluding steroid dienone is 2. The van der Waals surface area contributed by atoms with Crippen molar-refractivity contribution < 1.29 is 14.3 Å². The van der Waals surface area contributed by atoms with Gasteiger partial charge in [-0.15, -0.1) is 0 Å². The Kier molecular flexibility index (Phi) is 6.08. The summed E-state index contributed by atoms with van der Waals surface area (Å²) in [5.41, 5.74) is 4.08. The van der Waals surface area contributed by atoms with Gasteiger partial charge in [0.2, 0.25) is 0 Å². The summed E-state index contributed by atoms with van der Waals surface area (Å²) in [5.74, 6) is 1.17. The number of nitrogens with one attached hydrogen (secondary N) is 2. The van der Waals surface area contributed by atoms with Gasteiger partial charge in [0.05, 0.1) is 25.5 Å². The minimum Gasteiger partial charge on any atom is -0.493 e. The highest BCUT2D eigenvalue weighted by Crippen LogP contribution is 2.48. The lowest BCUT2D eigenvalue weighted by molar-refractivity contribution is -0.116. The van der Waals surface area contributed by atoms with Crippen LogP contribution in [0.2, 0.25) is 5.02 Å². The van der Waals surface area contributed by atoms with Gasteiger partial charge in [0.25, 0.3) is 5.56 Å². The maximum Gasteiger partial charge on any atom is 0.277 e. The fourth-order valence-corrected chi connectivity index (χ4v) is 5.86. The lowest BCUT2D eigenvalue weighted by Gasteiger charge is -2.35. The highest BCUT2D eigenvalue weighted by atomic mass is 35.5. The van der Waals surface area contributed by atoms with Crippen molar-refractivity contribution in [2.75, 3.05) is 19.5 Å². The van der Waals surface area contributed by atoms with Crippen LogP contribution in [0.15, 0.2) is 88.9 Å². The third kappa shape index (κ3) is 3.90. The van der Waals surface area contributed by atoms with Crippen molar-refractivity contribution in [3.63, 3.8) is 0 Å². The first-order valence-corrected chi connectivity index (χ1v) is 12.8. The summed E-state index contributed by atoms with van der Waals surface area (Å²) in [5, 5.41) is 7.17. The zero-order chi connectivity index (χ0) is 26.4. The number of rotatable bonds is 5. The molecule has 8 heteroatoms. The number of Topliss-reactive ketones (excluding diaryl/α,β-unsaturated/α-hetero) is 1. The van der Waals surface area contributed by atoms with E-state index in [1.165, 1.54) is 4.68 Å². The lowest BCUT2D eigenvalue weighted by atomic mass is 9.72. The molecule has 3 aromatic carbocycles. The molecular weight excluding hydrogens is 502 g/mol. The number of ether oxygens (including phenoxy) is 2. The van der Waals surface area contributed by atoms with Crippen LogP contribution in [0, 0.1) is 0 Å². The molecular formula is C30H26ClN3O4. The third-order valence-corrected chi connectivity index (χ3v) is 7.74. The molecule has 38 heavy (non-hydrogen) atoms. The first-order chi connectivity index (χ1) is 18.5. The average Bonchev–Trinajstić information content (AvgIpc) is 3.28. The first kappa shape index (κ1) is 24.1. The number of H-pyrrole nitrogens is 1. The van der Waals surface area contributed by atoms with Crippen LogP contribution in [0.3, 0.4) is 0 Å². The van der Waals surface area contributed by atoms with Gasteiger partial charge in [0.15, 0.2) is 17.3 Å². The van der Waals surface area contributed by atoms with Crippen molar-refractivity contribution in [2.45, 2.75) is 24.7 Å². The van der Waals surface area contributed by atoms with E-state index in [0.29, 0.717) is 52.0 Å². The van der Waals surface area contributed by atoms with Gasteiger partial charge in [0, 0.05) is 28.6 Å². The Labute approximate surface area is 224 Å². The minimum atomic E-state index is -0.581. The summed E-state index contributed by atoms with van der Waals surface area (Å²) in [4.78, 5) is 27.7. The fourth-order valence-electron chi connectivity index (χ4n) is 5.61. The number of hydrogen-bond acceptors (Lipinski definition) is 5. The summed E-state index contributed by atoms with van der Waals surface area (Å²) >= 11 is 6.67. The first-order valence-electron chi connectivity index (χ1n) is 12.4. The highest BCUT2D eigenvalue weighted by Gasteiger charge is 2.42. The van der Waals surface area contributed by atoms with E-state index in [9.17, 15) is 9.59 Å². The molecule has 1 aromatic heterocycles. The Balaban J connectivity index is 1.49. The second-order valence-electron chi connectivity index (χ2n) is 9.49. The number of para-hydroxylation sites is 1. The van der Waals surface area contributed by atoms with E-state index in [-0.39, 0.29) is 17.3 Å². The van der Waals surface area contributed by atoms with Crippen molar-refractivity contribution >= 4 is 23.2 Å². The van der Waals surface area contributed by atoms with E-state index in [4.69, 9.17) is 21.1 Å². The van der Waals surface area contributed by atoms with Crippen molar-refractivity contribution in [3.05, 3.63) is 116 Å². The molecule has 0 saturated carbocycles. The van der Waals surface area contributed by atoms with Gasteiger partial charge in [-0.05, 0) is 53.8 Å². The minimum absolute atomic E-state index is 0.0130. The van der Waals surface area contributed by atoms with Crippen LogP contribution >= 0.6 is 11.6 Å². The number of aromatic amines is 1. The van der Waals surface area contributed by atoms with Crippen LogP contribution in [0.25, 0.3) is 5.69 Å². The molecule has 2 heterocycles. The maximum absolute atomic E-state index is 13.9. The number of benzene rings is 3. The van der Waals surface area contributed by atoms with E-state index >= 15 is 0 Å². The quantitative estimate of drug-likeness (QED) is 0.343. The predicted molar refractivity (Wildman–Crippen MR) is 147 cm³/mol. The summed E-state index contributed by atoms with van der Waals surface area (Å²) in [6.07, 6.45) is 0.902. The number of halogens is 1. The van der Waals surface area contributed by atoms with Gasteiger partial charge in [0.1, 0.15) is 5.82 Å². The molecule has 1 aliphatic heterocycles. The Bertz CT molecular complexity index is 1640. The number of nitrogens with zero attached hydrogens (tertiary/aromatic N) is 1. The van der Waals surface area contributed by atoms with Crippen molar-refractivity contribution in [1.82, 2.24) is 9.78 Å². The molecule has 0 amide bonds. The molecule has 192 valence electrons. The summed E-state index contributed by atoms with van der Waals surface area (Å²) in [6.45, 7) is 0. The number of aromatic nitrogens is 2. The smallest absolute Gasteiger partial charge is 0.277 e. The molecule has 4 aromatic rings. The molecule has 0 saturated heterocycles. The molecule has 1 aliphatic carbocycles. The van der Waals surface area contributed by atoms with Crippen LogP contribution in [0.5, 0.6) is 11.5 Å². The third-order valence-electron chi connectivity index (χ3n) is 7.40. The zero-order valence-corrected chi connectivity index (χ0v) is 21.7. The zero-order valence-electron chi connectivity index (χ0n) is 21.0. The molecule has 2 N–H and O–H groups in total. The number of methoxy groups -OCH3 is 2. The van der Waals surface area contributed by atoms with Crippen LogP contribution in [-0.2, 0) is 4.79 Å². The standard InChI is InChI=1S/C30H26ClN3O4/c1-37-24-13-12-17(16-25(24)38-2)18-14-22-27(23(35)15-18)26(20-10-6-7-11-21(20)31)28-29(32-22)33-34(30(28)36)19-8-4-3-5-9-19/h3-13,16,18,26,32-33H,14-15H2,1-2H3/t18-,26-/m0/s1. The topological polar surface area (TPSA) is 85.4 Å². The number of fused-ring (bicyclic) bond motifs is 1. The van der Waals surface area contributed by atoms with Gasteiger partial charge in [-0.3, -0.25) is 14.7 Å². The number of hydrogen-bond donors (Lipinski definition) is 2. The molecule has 2 aliphatic rings. The van der Waals surface area contributed by atoms with Gasteiger partial charge in [-0.1, -0.05) is 54.1 Å². The summed E-state index contributed by atoms with van der Waals surface area (Å²) in [7, 11) is 3.19. The fraction of sp³-hybridized carbons (Fsp3) is 0.200. The SMILES string of the molecule is COc1ccc([C@@H]2CC(=O)C3=C(C2)Nc2[nH]n(-c4ccccc4)c(=O)c2[C@H]3c2ccccc2Cl)cc1OC. The van der Waals surface area contributed by atoms with Crippen LogP contribution < -0.4 is 20.3 Å². The number of carbonyl (C=O) groups excluding carboxylic acids is 1. The molecule has 0 radical (unpaired) electrons. The van der Waals surface area contributed by atoms with Gasteiger partial charge in [-0.25, -0.2) is 4.68 Å². The molecule has 0 fully saturated rings. The summed E-state index contributed by atoms with van der Waals surface area (Å²) < 4.78 is 12.4. The van der Waals surface area contributed by atoms with Crippen LogP contribution in [0.1, 0.15) is 41.4 Å². The lowest BCUT2D eigenvalue weighted by Crippen LogP contribution is -2.32. The Hall–Kier alpha value is -4.23. The monoisotopic (exact) mass is 527 g/mol. The van der Waals surface area contributed by atoms with E-state index in [1.807, 2.05) is 66.7 Å². The largest absolute Gasteiger partial charge is 0.493 e. The molecule has 0 spiro atoms. The molecule has 6 rings (SSSR count). The highest BCUT2D eigenvalue weighted by molar-refractivity contribution is 6.31. The van der Waals surface area contributed by atoms with Crippen molar-refractivity contribution in [1.29, 1.82) is 0 Å². The van der Waals surface area contributed by atoms with Gasteiger partial charge < -0.3 is 14.8 Å². The second kappa shape index (κ2) is 9.58. The summed E-state index contributed by atoms with van der Waals surface area (Å²) in [6, 6.07) is 22.5. The van der Waals surface area contributed by atoms with Gasteiger partial charge >= 0.3 is 0 Å². The second-order valence-corrected chi connectivity index (χ2v) is 9.90. The molecule has 7 nitrogen and oxygen atoms in total. The van der Waals surface area contributed by atoms with E-state index in [0.717, 1.165) is 16.8 Å². The van der Waals surface area contributed by atoms with E-state index in [2.05, 4.69) is 10.4 Å². The maximum atomic E-state index is 13.9. The number of anilines is 1. The van der Waals surface area contributed by atoms with Crippen molar-refractivity contribution in [3.8, 4) is 17.2 Å². The van der Waals surface area contributed by atoms with Gasteiger partial charge in [-0.2, -0.15) is 0 Å². The average molecular weight is 528 g/mol. The predicted octanol–water partition coefficient (Wildman–Crippen LogP) is 5.79. The Morgan fingerprint density at radius 3 is 2.37 bits per heavy atom. The van der Waals surface area contributed by atoms with E-state index < -0.39 is 5.92 Å². The number of ketones is 1.